The molecule has 0 aliphatic rings. The van der Waals surface area contributed by atoms with Crippen LogP contribution in [0.15, 0.2) is 29.4 Å². The van der Waals surface area contributed by atoms with Crippen molar-refractivity contribution in [3.63, 3.8) is 0 Å². The Balaban J connectivity index is 0.00000220. The predicted molar refractivity (Wildman–Crippen MR) is 97.5 cm³/mol. The van der Waals surface area contributed by atoms with Crippen molar-refractivity contribution >= 4 is 47.1 Å². The lowest BCUT2D eigenvalue weighted by molar-refractivity contribution is 0.814. The molecule has 2 heterocycles. The zero-order chi connectivity index (χ0) is 14.4. The summed E-state index contributed by atoms with van der Waals surface area (Å²) in [5.74, 6) is 1.46. The Bertz CT molecular complexity index is 569. The van der Waals surface area contributed by atoms with Crippen LogP contribution in [0.3, 0.4) is 0 Å². The van der Waals surface area contributed by atoms with Gasteiger partial charge in [-0.05, 0) is 12.1 Å². The fourth-order valence-corrected chi connectivity index (χ4v) is 2.31. The Morgan fingerprint density at radius 1 is 1.38 bits per heavy atom. The summed E-state index contributed by atoms with van der Waals surface area (Å²) in [6.07, 6.45) is 2.44. The van der Waals surface area contributed by atoms with Crippen LogP contribution < -0.4 is 11.1 Å². The third-order valence-electron chi connectivity index (χ3n) is 2.51. The number of nitrogens with two attached hydrogens (primary N) is 1. The SMILES string of the molecule is CC(C)c1nnc(CCN=C(N)Nc2ccccn2)s1.I. The summed E-state index contributed by atoms with van der Waals surface area (Å²) in [5.41, 5.74) is 5.79. The summed E-state index contributed by atoms with van der Waals surface area (Å²) >= 11 is 1.63. The van der Waals surface area contributed by atoms with Gasteiger partial charge >= 0.3 is 0 Å². The summed E-state index contributed by atoms with van der Waals surface area (Å²) in [6, 6.07) is 5.57. The van der Waals surface area contributed by atoms with E-state index in [2.05, 4.69) is 39.3 Å². The zero-order valence-electron chi connectivity index (χ0n) is 12.0. The maximum Gasteiger partial charge on any atom is 0.194 e. The van der Waals surface area contributed by atoms with Crippen LogP contribution in [0.4, 0.5) is 5.82 Å². The van der Waals surface area contributed by atoms with Crippen LogP contribution in [0.25, 0.3) is 0 Å². The van der Waals surface area contributed by atoms with Crippen LogP contribution in [0.1, 0.15) is 29.8 Å². The van der Waals surface area contributed by atoms with Gasteiger partial charge in [0.25, 0.3) is 0 Å². The van der Waals surface area contributed by atoms with Gasteiger partial charge in [0.15, 0.2) is 5.96 Å². The summed E-state index contributed by atoms with van der Waals surface area (Å²) in [6.45, 7) is 4.80. The average Bonchev–Trinajstić information content (AvgIpc) is 2.89. The van der Waals surface area contributed by atoms with Crippen LogP contribution in [0.5, 0.6) is 0 Å². The van der Waals surface area contributed by atoms with Crippen molar-refractivity contribution in [3.05, 3.63) is 34.4 Å². The molecule has 0 aromatic carbocycles. The normalized spacial score (nSPS) is 11.3. The fraction of sp³-hybridized carbons (Fsp3) is 0.385. The van der Waals surface area contributed by atoms with E-state index in [0.29, 0.717) is 24.2 Å². The topological polar surface area (TPSA) is 89.1 Å². The number of aromatic nitrogens is 3. The first-order valence-corrected chi connectivity index (χ1v) is 7.27. The second kappa shape index (κ2) is 8.88. The molecule has 2 rings (SSSR count). The number of hydrogen-bond donors (Lipinski definition) is 2. The molecule has 0 radical (unpaired) electrons. The van der Waals surface area contributed by atoms with Crippen molar-refractivity contribution in [2.45, 2.75) is 26.2 Å². The molecule has 6 nitrogen and oxygen atoms in total. The molecular weight excluding hydrogens is 399 g/mol. The van der Waals surface area contributed by atoms with E-state index in [1.165, 1.54) is 0 Å². The number of hydrogen-bond acceptors (Lipinski definition) is 5. The van der Waals surface area contributed by atoms with E-state index in [1.54, 1.807) is 17.5 Å². The second-order valence-electron chi connectivity index (χ2n) is 4.55. The minimum atomic E-state index is 0. The maximum atomic E-state index is 5.79. The van der Waals surface area contributed by atoms with Gasteiger partial charge in [-0.15, -0.1) is 45.5 Å². The smallest absolute Gasteiger partial charge is 0.194 e. The van der Waals surface area contributed by atoms with Gasteiger partial charge in [0.2, 0.25) is 0 Å². The molecule has 2 aromatic heterocycles. The molecule has 0 atom stereocenters. The molecule has 0 aliphatic carbocycles. The lowest BCUT2D eigenvalue weighted by Crippen LogP contribution is -2.23. The largest absolute Gasteiger partial charge is 0.370 e. The van der Waals surface area contributed by atoms with Gasteiger partial charge in [0.05, 0.1) is 0 Å². The van der Waals surface area contributed by atoms with Gasteiger partial charge in [0.1, 0.15) is 15.8 Å². The number of guanidine groups is 1. The minimum absolute atomic E-state index is 0. The maximum absolute atomic E-state index is 5.79. The standard InChI is InChI=1S/C13H18N6S.HI/c1-9(2)12-19-18-11(20-12)6-8-16-13(14)17-10-5-3-4-7-15-10;/h3-5,7,9H,6,8H2,1-2H3,(H3,14,15,16,17);1H. The van der Waals surface area contributed by atoms with E-state index in [0.717, 1.165) is 16.4 Å². The third-order valence-corrected chi connectivity index (χ3v) is 3.79. The summed E-state index contributed by atoms with van der Waals surface area (Å²) in [5, 5.41) is 13.3. The van der Waals surface area contributed by atoms with Gasteiger partial charge in [-0.3, -0.25) is 4.99 Å². The summed E-state index contributed by atoms with van der Waals surface area (Å²) in [7, 11) is 0. The molecular formula is C13H19IN6S. The minimum Gasteiger partial charge on any atom is -0.370 e. The molecule has 8 heteroatoms. The molecule has 0 fully saturated rings. The van der Waals surface area contributed by atoms with Gasteiger partial charge < -0.3 is 11.1 Å². The Labute approximate surface area is 145 Å². The molecule has 2 aromatic rings. The molecule has 0 saturated carbocycles. The first kappa shape index (κ1) is 17.8. The predicted octanol–water partition coefficient (Wildman–Crippen LogP) is 2.64. The monoisotopic (exact) mass is 418 g/mol. The van der Waals surface area contributed by atoms with E-state index >= 15 is 0 Å². The number of nitrogens with zero attached hydrogens (tertiary/aromatic N) is 4. The van der Waals surface area contributed by atoms with Crippen molar-refractivity contribution in [2.75, 3.05) is 11.9 Å². The van der Waals surface area contributed by atoms with Crippen molar-refractivity contribution in [1.82, 2.24) is 15.2 Å². The second-order valence-corrected chi connectivity index (χ2v) is 5.64. The highest BCUT2D eigenvalue weighted by Crippen LogP contribution is 2.19. The highest BCUT2D eigenvalue weighted by molar-refractivity contribution is 14.0. The molecule has 0 spiro atoms. The fourth-order valence-electron chi connectivity index (χ4n) is 1.48. The Hall–Kier alpha value is -1.29. The molecule has 114 valence electrons. The number of halogens is 1. The van der Waals surface area contributed by atoms with E-state index < -0.39 is 0 Å². The molecule has 0 bridgehead atoms. The van der Waals surface area contributed by atoms with Crippen LogP contribution >= 0.6 is 35.3 Å². The number of aliphatic imine (C=N–C) groups is 1. The Morgan fingerprint density at radius 3 is 2.81 bits per heavy atom. The highest BCUT2D eigenvalue weighted by Gasteiger charge is 2.07. The molecule has 21 heavy (non-hydrogen) atoms. The first-order valence-electron chi connectivity index (χ1n) is 6.45. The lowest BCUT2D eigenvalue weighted by Gasteiger charge is -2.03. The van der Waals surface area contributed by atoms with E-state index in [9.17, 15) is 0 Å². The van der Waals surface area contributed by atoms with Crippen LogP contribution in [0, 0.1) is 0 Å². The number of pyridine rings is 1. The lowest BCUT2D eigenvalue weighted by atomic mass is 10.2. The van der Waals surface area contributed by atoms with Gasteiger partial charge in [0, 0.05) is 25.1 Å². The van der Waals surface area contributed by atoms with Crippen molar-refractivity contribution in [1.29, 1.82) is 0 Å². The molecule has 0 amide bonds. The van der Waals surface area contributed by atoms with E-state index in [4.69, 9.17) is 5.73 Å². The van der Waals surface area contributed by atoms with Crippen LogP contribution in [-0.2, 0) is 6.42 Å². The molecule has 0 aliphatic heterocycles. The molecule has 0 saturated heterocycles. The van der Waals surface area contributed by atoms with E-state index in [-0.39, 0.29) is 24.0 Å². The summed E-state index contributed by atoms with van der Waals surface area (Å²) in [4.78, 5) is 8.37. The van der Waals surface area contributed by atoms with Crippen molar-refractivity contribution in [3.8, 4) is 0 Å². The van der Waals surface area contributed by atoms with E-state index in [1.807, 2.05) is 18.2 Å². The number of anilines is 1. The van der Waals surface area contributed by atoms with Gasteiger partial charge in [-0.2, -0.15) is 0 Å². The Kier molecular flexibility index (Phi) is 7.51. The summed E-state index contributed by atoms with van der Waals surface area (Å²) < 4.78 is 0. The molecule has 0 unspecified atom stereocenters. The third kappa shape index (κ3) is 5.92. The first-order chi connectivity index (χ1) is 9.65. The highest BCUT2D eigenvalue weighted by atomic mass is 127. The van der Waals surface area contributed by atoms with Crippen molar-refractivity contribution in [2.24, 2.45) is 10.7 Å². The molecule has 3 N–H and O–H groups in total. The average molecular weight is 418 g/mol. The Morgan fingerprint density at radius 2 is 2.19 bits per heavy atom. The van der Waals surface area contributed by atoms with Crippen molar-refractivity contribution < 1.29 is 0 Å². The van der Waals surface area contributed by atoms with Gasteiger partial charge in [-0.25, -0.2) is 4.98 Å². The number of rotatable bonds is 5. The quantitative estimate of drug-likeness (QED) is 0.443. The van der Waals surface area contributed by atoms with Crippen LogP contribution in [0.2, 0.25) is 0 Å². The van der Waals surface area contributed by atoms with Crippen LogP contribution in [-0.4, -0.2) is 27.7 Å². The van der Waals surface area contributed by atoms with Gasteiger partial charge in [-0.1, -0.05) is 19.9 Å². The zero-order valence-corrected chi connectivity index (χ0v) is 15.1. The number of nitrogens with one attached hydrogen (secondary N) is 1.